The minimum atomic E-state index is 0.0605. The average molecular weight is 251 g/mol. The van der Waals surface area contributed by atoms with Crippen LogP contribution in [-0.2, 0) is 0 Å². The van der Waals surface area contributed by atoms with Crippen molar-refractivity contribution in [2.45, 2.75) is 0 Å². The van der Waals surface area contributed by atoms with Gasteiger partial charge in [-0.15, -0.1) is 0 Å². The molecule has 0 saturated carbocycles. The van der Waals surface area contributed by atoms with Crippen molar-refractivity contribution < 1.29 is 4.79 Å². The molecule has 0 aliphatic heterocycles. The van der Waals surface area contributed by atoms with Crippen LogP contribution in [0.15, 0.2) is 60.7 Å². The van der Waals surface area contributed by atoms with Gasteiger partial charge < -0.3 is 5.32 Å². The lowest BCUT2D eigenvalue weighted by molar-refractivity contribution is 0.103. The highest BCUT2D eigenvalue weighted by Gasteiger charge is 2.10. The number of ketones is 1. The largest absolute Gasteiger partial charge is 0.316 e. The maximum absolute atomic E-state index is 12.5. The van der Waals surface area contributed by atoms with E-state index in [1.54, 1.807) is 0 Å². The van der Waals surface area contributed by atoms with Gasteiger partial charge in [-0.25, -0.2) is 0 Å². The number of carbonyl (C=O) groups is 1. The first-order valence-electron chi connectivity index (χ1n) is 6.33. The van der Waals surface area contributed by atoms with E-state index in [4.69, 9.17) is 0 Å². The van der Waals surface area contributed by atoms with Crippen LogP contribution in [0.1, 0.15) is 21.5 Å². The topological polar surface area (TPSA) is 29.1 Å². The summed E-state index contributed by atoms with van der Waals surface area (Å²) in [6.45, 7) is 0.786. The van der Waals surface area contributed by atoms with Crippen molar-refractivity contribution in [1.29, 1.82) is 0 Å². The maximum Gasteiger partial charge on any atom is 0.193 e. The van der Waals surface area contributed by atoms with Crippen molar-refractivity contribution in [2.75, 3.05) is 13.6 Å². The molecule has 0 aromatic heterocycles. The van der Waals surface area contributed by atoms with Crippen LogP contribution in [0.4, 0.5) is 0 Å². The van der Waals surface area contributed by atoms with Crippen molar-refractivity contribution in [3.05, 3.63) is 77.4 Å². The molecule has 0 bridgehead atoms. The fourth-order valence-corrected chi connectivity index (χ4v) is 1.90. The van der Waals surface area contributed by atoms with Crippen molar-refractivity contribution in [3.63, 3.8) is 0 Å². The summed E-state index contributed by atoms with van der Waals surface area (Å²) in [5.41, 5.74) is 2.41. The van der Waals surface area contributed by atoms with Crippen LogP contribution in [0.5, 0.6) is 0 Å². The molecule has 0 fully saturated rings. The van der Waals surface area contributed by atoms with E-state index in [9.17, 15) is 4.79 Å². The lowest BCUT2D eigenvalue weighted by atomic mass is 9.98. The third-order valence-electron chi connectivity index (χ3n) is 2.86. The molecule has 2 aromatic carbocycles. The van der Waals surface area contributed by atoms with Crippen LogP contribution >= 0.6 is 0 Å². The van der Waals surface area contributed by atoms with Crippen LogP contribution in [0, 0.1) is 0 Å². The van der Waals surface area contributed by atoms with Crippen molar-refractivity contribution in [1.82, 2.24) is 5.32 Å². The Bertz CT molecular complexity index is 573. The second-order valence-corrected chi connectivity index (χ2v) is 4.24. The molecule has 0 aliphatic carbocycles. The summed E-state index contributed by atoms with van der Waals surface area (Å²) in [7, 11) is 1.89. The molecule has 0 heterocycles. The van der Waals surface area contributed by atoms with Gasteiger partial charge in [-0.1, -0.05) is 66.7 Å². The maximum atomic E-state index is 12.5. The smallest absolute Gasteiger partial charge is 0.193 e. The van der Waals surface area contributed by atoms with Crippen molar-refractivity contribution >= 4 is 11.9 Å². The molecule has 0 atom stereocenters. The minimum Gasteiger partial charge on any atom is -0.316 e. The summed E-state index contributed by atoms with van der Waals surface area (Å²) in [5.74, 6) is 0.0605. The third-order valence-corrected chi connectivity index (χ3v) is 2.86. The van der Waals surface area contributed by atoms with E-state index < -0.39 is 0 Å². The van der Waals surface area contributed by atoms with Crippen LogP contribution in [0.25, 0.3) is 6.08 Å². The highest BCUT2D eigenvalue weighted by molar-refractivity contribution is 6.11. The summed E-state index contributed by atoms with van der Waals surface area (Å²) >= 11 is 0. The SMILES string of the molecule is CNCC=Cc1ccccc1C(=O)c1ccccc1. The van der Waals surface area contributed by atoms with Gasteiger partial charge in [0.05, 0.1) is 0 Å². The Morgan fingerprint density at radius 3 is 2.47 bits per heavy atom. The molecule has 2 rings (SSSR count). The summed E-state index contributed by atoms with van der Waals surface area (Å²) in [4.78, 5) is 12.5. The third kappa shape index (κ3) is 3.39. The lowest BCUT2D eigenvalue weighted by Gasteiger charge is -2.05. The Morgan fingerprint density at radius 1 is 1.05 bits per heavy atom. The molecule has 96 valence electrons. The van der Waals surface area contributed by atoms with E-state index in [2.05, 4.69) is 5.32 Å². The molecule has 1 N–H and O–H groups in total. The molecule has 2 aromatic rings. The predicted octanol–water partition coefficient (Wildman–Crippen LogP) is 3.15. The molecule has 0 saturated heterocycles. The van der Waals surface area contributed by atoms with Crippen LogP contribution < -0.4 is 5.32 Å². The summed E-state index contributed by atoms with van der Waals surface area (Å²) in [6.07, 6.45) is 3.99. The van der Waals surface area contributed by atoms with E-state index >= 15 is 0 Å². The zero-order valence-electron chi connectivity index (χ0n) is 11.0. The van der Waals surface area contributed by atoms with Gasteiger partial charge in [0.2, 0.25) is 0 Å². The molecule has 0 unspecified atom stereocenters. The van der Waals surface area contributed by atoms with Gasteiger partial charge in [-0.3, -0.25) is 4.79 Å². The second kappa shape index (κ2) is 6.66. The summed E-state index contributed by atoms with van der Waals surface area (Å²) in [5, 5.41) is 3.05. The van der Waals surface area contributed by atoms with Gasteiger partial charge in [0.1, 0.15) is 0 Å². The standard InChI is InChI=1S/C17H17NO/c1-18-13-7-11-14-8-5-6-12-16(14)17(19)15-9-3-2-4-10-15/h2-12,18H,13H2,1H3. The molecule has 0 aliphatic rings. The Morgan fingerprint density at radius 2 is 1.74 bits per heavy atom. The van der Waals surface area contributed by atoms with Gasteiger partial charge in [0.15, 0.2) is 5.78 Å². The highest BCUT2D eigenvalue weighted by Crippen LogP contribution is 2.15. The van der Waals surface area contributed by atoms with Gasteiger partial charge in [-0.2, -0.15) is 0 Å². The molecule has 19 heavy (non-hydrogen) atoms. The first kappa shape index (κ1) is 13.2. The Balaban J connectivity index is 2.32. The van der Waals surface area contributed by atoms with Gasteiger partial charge in [-0.05, 0) is 12.6 Å². The zero-order chi connectivity index (χ0) is 13.5. The monoisotopic (exact) mass is 251 g/mol. The molecule has 0 radical (unpaired) electrons. The molecule has 2 nitrogen and oxygen atoms in total. The Kier molecular flexibility index (Phi) is 4.65. The molecule has 2 heteroatoms. The van der Waals surface area contributed by atoms with Gasteiger partial charge in [0, 0.05) is 17.7 Å². The van der Waals surface area contributed by atoms with E-state index in [0.717, 1.165) is 23.2 Å². The van der Waals surface area contributed by atoms with E-state index in [1.165, 1.54) is 0 Å². The van der Waals surface area contributed by atoms with E-state index in [0.29, 0.717) is 0 Å². The molecule has 0 amide bonds. The number of hydrogen-bond donors (Lipinski definition) is 1. The number of carbonyl (C=O) groups excluding carboxylic acids is 1. The number of hydrogen-bond acceptors (Lipinski definition) is 2. The zero-order valence-corrected chi connectivity index (χ0v) is 11.0. The second-order valence-electron chi connectivity index (χ2n) is 4.24. The minimum absolute atomic E-state index is 0.0605. The number of benzene rings is 2. The fourth-order valence-electron chi connectivity index (χ4n) is 1.90. The van der Waals surface area contributed by atoms with Crippen LogP contribution in [0.3, 0.4) is 0 Å². The molecule has 0 spiro atoms. The number of likely N-dealkylation sites (N-methyl/N-ethyl adjacent to an activating group) is 1. The number of nitrogens with one attached hydrogen (secondary N) is 1. The van der Waals surface area contributed by atoms with E-state index in [-0.39, 0.29) is 5.78 Å². The highest BCUT2D eigenvalue weighted by atomic mass is 16.1. The number of rotatable bonds is 5. The normalized spacial score (nSPS) is 10.8. The first-order valence-corrected chi connectivity index (χ1v) is 6.33. The average Bonchev–Trinajstić information content (AvgIpc) is 2.48. The van der Waals surface area contributed by atoms with E-state index in [1.807, 2.05) is 73.8 Å². The quantitative estimate of drug-likeness (QED) is 0.827. The molecular weight excluding hydrogens is 234 g/mol. The summed E-state index contributed by atoms with van der Waals surface area (Å²) < 4.78 is 0. The Hall–Kier alpha value is -2.19. The van der Waals surface area contributed by atoms with Gasteiger partial charge >= 0.3 is 0 Å². The van der Waals surface area contributed by atoms with Gasteiger partial charge in [0.25, 0.3) is 0 Å². The first-order chi connectivity index (χ1) is 9.33. The predicted molar refractivity (Wildman–Crippen MR) is 79.3 cm³/mol. The fraction of sp³-hybridized carbons (Fsp3) is 0.118. The summed E-state index contributed by atoms with van der Waals surface area (Å²) in [6, 6.07) is 17.0. The van der Waals surface area contributed by atoms with Crippen molar-refractivity contribution in [2.24, 2.45) is 0 Å². The van der Waals surface area contributed by atoms with Crippen LogP contribution in [0.2, 0.25) is 0 Å². The Labute approximate surface area is 113 Å². The van der Waals surface area contributed by atoms with Crippen LogP contribution in [-0.4, -0.2) is 19.4 Å². The lowest BCUT2D eigenvalue weighted by Crippen LogP contribution is -2.05. The van der Waals surface area contributed by atoms with Crippen molar-refractivity contribution in [3.8, 4) is 0 Å². The molecular formula is C17H17NO.